The molecule has 2 heterocycles. The Morgan fingerprint density at radius 2 is 1.76 bits per heavy atom. The molecule has 2 aromatic heterocycles. The molecular formula is C16H27N7OS. The van der Waals surface area contributed by atoms with E-state index in [9.17, 15) is 4.79 Å². The first-order valence-corrected chi connectivity index (χ1v) is 9.24. The Morgan fingerprint density at radius 1 is 1.16 bits per heavy atom. The molecule has 2 rings (SSSR count). The molecule has 138 valence electrons. The topological polar surface area (TPSA) is 94.9 Å². The van der Waals surface area contributed by atoms with Crippen molar-refractivity contribution < 1.29 is 4.79 Å². The van der Waals surface area contributed by atoms with Gasteiger partial charge in [0.1, 0.15) is 0 Å². The summed E-state index contributed by atoms with van der Waals surface area (Å²) in [5.74, 6) is 6.63. The fourth-order valence-electron chi connectivity index (χ4n) is 2.85. The summed E-state index contributed by atoms with van der Waals surface area (Å²) in [4.78, 5) is 14.6. The summed E-state index contributed by atoms with van der Waals surface area (Å²) in [5.41, 5.74) is 1.80. The lowest BCUT2D eigenvalue weighted by atomic mass is 10.2. The first kappa shape index (κ1) is 19.3. The summed E-state index contributed by atoms with van der Waals surface area (Å²) in [7, 11) is 0. The minimum absolute atomic E-state index is 0.0608. The van der Waals surface area contributed by atoms with Crippen molar-refractivity contribution >= 4 is 17.7 Å². The molecule has 2 N–H and O–H groups in total. The summed E-state index contributed by atoms with van der Waals surface area (Å²) in [5, 5.41) is 12.8. The van der Waals surface area contributed by atoms with Gasteiger partial charge in [0.15, 0.2) is 0 Å². The summed E-state index contributed by atoms with van der Waals surface area (Å²) in [6, 6.07) is 2.21. The lowest BCUT2D eigenvalue weighted by Gasteiger charge is -2.32. The van der Waals surface area contributed by atoms with Crippen molar-refractivity contribution in [3.05, 3.63) is 17.5 Å². The van der Waals surface area contributed by atoms with Crippen molar-refractivity contribution in [2.45, 2.75) is 71.0 Å². The van der Waals surface area contributed by atoms with Gasteiger partial charge in [-0.2, -0.15) is 5.10 Å². The first-order valence-electron chi connectivity index (χ1n) is 8.36. The zero-order chi connectivity index (χ0) is 18.9. The Hall–Kier alpha value is -2.03. The van der Waals surface area contributed by atoms with E-state index in [2.05, 4.69) is 15.3 Å². The number of carbonyl (C=O) groups is 1. The highest BCUT2D eigenvalue weighted by atomic mass is 32.2. The zero-order valence-electron chi connectivity index (χ0n) is 15.9. The number of aryl methyl sites for hydroxylation is 2. The Labute approximate surface area is 152 Å². The SMILES string of the molecule is Cc1cc(C)n(-c2nnc(SC(C)C(=O)N(C(C)C)C(C)C)n2N)n1. The van der Waals surface area contributed by atoms with Crippen molar-refractivity contribution in [3.63, 3.8) is 0 Å². The highest BCUT2D eigenvalue weighted by Crippen LogP contribution is 2.24. The Bertz CT molecular complexity index is 742. The fourth-order valence-corrected chi connectivity index (χ4v) is 3.67. The fraction of sp³-hybridized carbons (Fsp3) is 0.625. The molecular weight excluding hydrogens is 338 g/mol. The minimum atomic E-state index is -0.315. The van der Waals surface area contributed by atoms with Gasteiger partial charge in [-0.25, -0.2) is 9.36 Å². The molecule has 8 nitrogen and oxygen atoms in total. The molecule has 1 amide bonds. The zero-order valence-corrected chi connectivity index (χ0v) is 16.7. The van der Waals surface area contributed by atoms with Crippen LogP contribution in [0.2, 0.25) is 0 Å². The monoisotopic (exact) mass is 365 g/mol. The largest absolute Gasteiger partial charge is 0.337 e. The number of aromatic nitrogens is 5. The molecule has 25 heavy (non-hydrogen) atoms. The Kier molecular flexibility index (Phi) is 5.76. The third-order valence-electron chi connectivity index (χ3n) is 3.84. The van der Waals surface area contributed by atoms with Crippen LogP contribution in [-0.2, 0) is 4.79 Å². The van der Waals surface area contributed by atoms with E-state index in [-0.39, 0.29) is 23.2 Å². The Morgan fingerprint density at radius 3 is 2.24 bits per heavy atom. The molecule has 0 fully saturated rings. The number of nitrogens with two attached hydrogens (primary N) is 1. The number of nitrogen functional groups attached to an aromatic ring is 1. The van der Waals surface area contributed by atoms with Crippen LogP contribution in [0.5, 0.6) is 0 Å². The standard InChI is InChI=1S/C16H27N7OS/c1-9(2)21(10(3)4)14(24)13(7)25-16-19-18-15(22(16)17)23-12(6)8-11(5)20-23/h8-10,13H,17H2,1-7H3. The smallest absolute Gasteiger partial charge is 0.271 e. The molecule has 0 aromatic carbocycles. The molecule has 0 radical (unpaired) electrons. The van der Waals surface area contributed by atoms with E-state index in [0.29, 0.717) is 11.1 Å². The third kappa shape index (κ3) is 3.97. The van der Waals surface area contributed by atoms with Crippen LogP contribution in [0.25, 0.3) is 5.95 Å². The second-order valence-corrected chi connectivity index (χ2v) is 7.99. The molecule has 2 aromatic rings. The third-order valence-corrected chi connectivity index (χ3v) is 4.89. The molecule has 0 spiro atoms. The van der Waals surface area contributed by atoms with E-state index in [1.807, 2.05) is 59.4 Å². The second-order valence-electron chi connectivity index (χ2n) is 6.68. The van der Waals surface area contributed by atoms with Crippen LogP contribution in [0, 0.1) is 13.8 Å². The maximum atomic E-state index is 12.8. The molecule has 0 saturated carbocycles. The van der Waals surface area contributed by atoms with Gasteiger partial charge < -0.3 is 10.7 Å². The van der Waals surface area contributed by atoms with Crippen molar-refractivity contribution in [1.29, 1.82) is 0 Å². The minimum Gasteiger partial charge on any atom is -0.337 e. The van der Waals surface area contributed by atoms with E-state index in [0.717, 1.165) is 11.4 Å². The molecule has 1 unspecified atom stereocenters. The number of thioether (sulfide) groups is 1. The number of amides is 1. The van der Waals surface area contributed by atoms with Crippen LogP contribution in [0.1, 0.15) is 46.0 Å². The van der Waals surface area contributed by atoms with Crippen LogP contribution in [0.3, 0.4) is 0 Å². The van der Waals surface area contributed by atoms with E-state index >= 15 is 0 Å². The van der Waals surface area contributed by atoms with E-state index in [1.165, 1.54) is 16.4 Å². The quantitative estimate of drug-likeness (QED) is 0.621. The van der Waals surface area contributed by atoms with Gasteiger partial charge in [-0.15, -0.1) is 10.2 Å². The summed E-state index contributed by atoms with van der Waals surface area (Å²) >= 11 is 1.30. The summed E-state index contributed by atoms with van der Waals surface area (Å²) < 4.78 is 3.02. The normalized spacial score (nSPS) is 12.8. The van der Waals surface area contributed by atoms with Crippen molar-refractivity contribution in [3.8, 4) is 5.95 Å². The van der Waals surface area contributed by atoms with Crippen LogP contribution < -0.4 is 5.84 Å². The van der Waals surface area contributed by atoms with Crippen molar-refractivity contribution in [2.24, 2.45) is 0 Å². The maximum Gasteiger partial charge on any atom is 0.271 e. The highest BCUT2D eigenvalue weighted by molar-refractivity contribution is 8.00. The van der Waals surface area contributed by atoms with Gasteiger partial charge in [0, 0.05) is 17.8 Å². The van der Waals surface area contributed by atoms with Crippen molar-refractivity contribution in [2.75, 3.05) is 5.84 Å². The summed E-state index contributed by atoms with van der Waals surface area (Å²) in [6.07, 6.45) is 0. The van der Waals surface area contributed by atoms with Gasteiger partial charge in [-0.1, -0.05) is 11.8 Å². The van der Waals surface area contributed by atoms with Crippen LogP contribution >= 0.6 is 11.8 Å². The van der Waals surface area contributed by atoms with Gasteiger partial charge >= 0.3 is 0 Å². The Balaban J connectivity index is 2.21. The average Bonchev–Trinajstić information content (AvgIpc) is 3.00. The number of carbonyl (C=O) groups excluding carboxylic acids is 1. The maximum absolute atomic E-state index is 12.8. The summed E-state index contributed by atoms with van der Waals surface area (Å²) in [6.45, 7) is 13.8. The number of hydrogen-bond acceptors (Lipinski definition) is 6. The van der Waals surface area contributed by atoms with Crippen LogP contribution in [0.15, 0.2) is 11.2 Å². The lowest BCUT2D eigenvalue weighted by molar-refractivity contribution is -0.133. The molecule has 0 aliphatic rings. The predicted octanol–water partition coefficient (Wildman–Crippen LogP) is 1.92. The second kappa shape index (κ2) is 7.47. The first-order chi connectivity index (χ1) is 11.6. The molecule has 0 aliphatic heterocycles. The highest BCUT2D eigenvalue weighted by Gasteiger charge is 2.27. The molecule has 9 heteroatoms. The van der Waals surface area contributed by atoms with E-state index < -0.39 is 0 Å². The van der Waals surface area contributed by atoms with E-state index in [4.69, 9.17) is 5.84 Å². The van der Waals surface area contributed by atoms with Gasteiger partial charge in [0.2, 0.25) is 11.1 Å². The van der Waals surface area contributed by atoms with Crippen LogP contribution in [0.4, 0.5) is 0 Å². The lowest BCUT2D eigenvalue weighted by Crippen LogP contribution is -2.45. The number of nitrogens with zero attached hydrogens (tertiary/aromatic N) is 6. The van der Waals surface area contributed by atoms with Crippen molar-refractivity contribution in [1.82, 2.24) is 29.6 Å². The van der Waals surface area contributed by atoms with Crippen LogP contribution in [-0.4, -0.2) is 52.8 Å². The molecule has 1 atom stereocenters. The number of rotatable bonds is 6. The molecule has 0 saturated heterocycles. The molecule has 0 bridgehead atoms. The van der Waals surface area contributed by atoms with Gasteiger partial charge in [-0.3, -0.25) is 4.79 Å². The van der Waals surface area contributed by atoms with Gasteiger partial charge in [0.05, 0.1) is 10.9 Å². The van der Waals surface area contributed by atoms with Gasteiger partial charge in [-0.05, 0) is 54.5 Å². The van der Waals surface area contributed by atoms with E-state index in [1.54, 1.807) is 4.68 Å². The van der Waals surface area contributed by atoms with Gasteiger partial charge in [0.25, 0.3) is 5.95 Å². The predicted molar refractivity (Wildman–Crippen MR) is 99.2 cm³/mol. The number of hydrogen-bond donors (Lipinski definition) is 1. The average molecular weight is 366 g/mol. The molecule has 0 aliphatic carbocycles.